The fourth-order valence-electron chi connectivity index (χ4n) is 2.81. The van der Waals surface area contributed by atoms with E-state index in [0.717, 1.165) is 6.42 Å². The third-order valence-electron chi connectivity index (χ3n) is 4.24. The van der Waals surface area contributed by atoms with Crippen molar-refractivity contribution in [2.45, 2.75) is 42.5 Å². The number of unbranched alkanes of at least 4 members (excludes halogenated alkanes) is 1. The largest absolute Gasteiger partial charge is 0.396 e. The second-order valence-corrected chi connectivity index (χ2v) is 6.80. The summed E-state index contributed by atoms with van der Waals surface area (Å²) in [7, 11) is 0. The van der Waals surface area contributed by atoms with Crippen LogP contribution in [0, 0.1) is 0 Å². The van der Waals surface area contributed by atoms with Crippen LogP contribution in [-0.2, 0) is 4.74 Å². The minimum Gasteiger partial charge on any atom is -0.396 e. The number of ether oxygens (including phenoxy) is 1. The zero-order chi connectivity index (χ0) is 19.4. The molecule has 0 spiro atoms. The lowest BCUT2D eigenvalue weighted by Crippen LogP contribution is -2.33. The first-order chi connectivity index (χ1) is 13.1. The summed E-state index contributed by atoms with van der Waals surface area (Å²) in [6, 6.07) is 0. The third kappa shape index (κ3) is 4.08. The molecule has 1 fully saturated rings. The summed E-state index contributed by atoms with van der Waals surface area (Å²) >= 11 is 1.35. The van der Waals surface area contributed by atoms with E-state index in [0.29, 0.717) is 28.6 Å². The molecule has 5 N–H and O–H groups in total. The summed E-state index contributed by atoms with van der Waals surface area (Å²) in [5.74, 6) is 0.495. The molecule has 2 aromatic rings. The van der Waals surface area contributed by atoms with Crippen LogP contribution >= 0.6 is 11.8 Å². The van der Waals surface area contributed by atoms with E-state index in [1.807, 2.05) is 12.3 Å². The van der Waals surface area contributed by atoms with Crippen molar-refractivity contribution >= 4 is 28.7 Å². The molecule has 0 amide bonds. The summed E-state index contributed by atoms with van der Waals surface area (Å²) in [6.07, 6.45) is 4.10. The van der Waals surface area contributed by atoms with Gasteiger partial charge in [0.2, 0.25) is 0 Å². The molecular weight excluding hydrogens is 374 g/mol. The van der Waals surface area contributed by atoms with Gasteiger partial charge in [-0.2, -0.15) is 0 Å². The Bertz CT molecular complexity index is 801. The van der Waals surface area contributed by atoms with Crippen LogP contribution in [0.15, 0.2) is 23.8 Å². The summed E-state index contributed by atoms with van der Waals surface area (Å²) in [4.78, 5) is 13.2. The fourth-order valence-corrected chi connectivity index (χ4v) is 3.18. The van der Waals surface area contributed by atoms with Crippen molar-refractivity contribution in [2.75, 3.05) is 24.8 Å². The van der Waals surface area contributed by atoms with Gasteiger partial charge in [0.15, 0.2) is 28.4 Å². The van der Waals surface area contributed by atoms with Gasteiger partial charge < -0.3 is 30.5 Å². The predicted octanol–water partition coefficient (Wildman–Crippen LogP) is -0.142. The van der Waals surface area contributed by atoms with Gasteiger partial charge in [-0.05, 0) is 25.3 Å². The quantitative estimate of drug-likeness (QED) is 0.232. The number of fused-ring (bicyclic) bond motifs is 1. The van der Waals surface area contributed by atoms with Crippen molar-refractivity contribution in [2.24, 2.45) is 0 Å². The highest BCUT2D eigenvalue weighted by Gasteiger charge is 2.44. The number of aliphatic hydroxyl groups excluding tert-OH is 4. The van der Waals surface area contributed by atoms with Gasteiger partial charge in [-0.25, -0.2) is 15.0 Å². The second kappa shape index (κ2) is 8.95. The van der Waals surface area contributed by atoms with Gasteiger partial charge in [-0.15, -0.1) is 0 Å². The van der Waals surface area contributed by atoms with Crippen LogP contribution in [0.25, 0.3) is 11.2 Å². The van der Waals surface area contributed by atoms with Gasteiger partial charge in [-0.1, -0.05) is 17.8 Å². The molecule has 3 rings (SSSR count). The summed E-state index contributed by atoms with van der Waals surface area (Å²) in [6.45, 7) is -0.272. The number of aromatic nitrogens is 4. The molecule has 0 unspecified atom stereocenters. The van der Waals surface area contributed by atoms with Gasteiger partial charge in [0.1, 0.15) is 18.3 Å². The van der Waals surface area contributed by atoms with E-state index in [-0.39, 0.29) is 6.61 Å². The lowest BCUT2D eigenvalue weighted by atomic mass is 10.1. The molecule has 0 saturated carbocycles. The molecule has 2 aromatic heterocycles. The minimum atomic E-state index is -1.22. The molecule has 10 nitrogen and oxygen atoms in total. The maximum atomic E-state index is 10.3. The average molecular weight is 397 g/mol. The minimum absolute atomic E-state index is 0.132. The zero-order valence-electron chi connectivity index (χ0n) is 14.8. The van der Waals surface area contributed by atoms with Gasteiger partial charge in [-0.3, -0.25) is 4.57 Å². The van der Waals surface area contributed by atoms with Gasteiger partial charge in [0.05, 0.1) is 12.9 Å². The highest BCUT2D eigenvalue weighted by Crippen LogP contribution is 2.33. The van der Waals surface area contributed by atoms with Crippen molar-refractivity contribution < 1.29 is 25.2 Å². The Labute approximate surface area is 159 Å². The number of thioether (sulfide) groups is 1. The van der Waals surface area contributed by atoms with E-state index < -0.39 is 31.1 Å². The molecule has 1 saturated heterocycles. The van der Waals surface area contributed by atoms with Crippen LogP contribution in [0.3, 0.4) is 0 Å². The zero-order valence-corrected chi connectivity index (χ0v) is 15.6. The van der Waals surface area contributed by atoms with E-state index in [9.17, 15) is 15.3 Å². The Morgan fingerprint density at radius 1 is 1.30 bits per heavy atom. The molecule has 1 aliphatic heterocycles. The number of hydrogen-bond donors (Lipinski definition) is 5. The number of anilines is 1. The number of hydrogen-bond acceptors (Lipinski definition) is 10. The molecule has 27 heavy (non-hydrogen) atoms. The topological polar surface area (TPSA) is 146 Å². The molecule has 3 heterocycles. The van der Waals surface area contributed by atoms with E-state index in [4.69, 9.17) is 9.84 Å². The normalized spacial score (nSPS) is 25.7. The highest BCUT2D eigenvalue weighted by atomic mass is 32.2. The number of rotatable bonds is 8. The standard InChI is InChI=1S/C16H23N5O5S/c1-27-16-19-13(17-5-3-2-4-6-22)10-14(20-16)21(8-18-10)15-12(25)11(24)9(7-23)26-15/h3,5,8-9,11-12,15,22-25H,2,4,6-7H2,1H3,(H,17,19,20)/b5-3-/t9-,11-,12-,15-/m1/s1. The van der Waals surface area contributed by atoms with E-state index >= 15 is 0 Å². The van der Waals surface area contributed by atoms with Crippen LogP contribution in [0.2, 0.25) is 0 Å². The molecule has 0 aliphatic carbocycles. The maximum Gasteiger partial charge on any atom is 0.191 e. The lowest BCUT2D eigenvalue weighted by molar-refractivity contribution is -0.0511. The van der Waals surface area contributed by atoms with Gasteiger partial charge in [0, 0.05) is 6.61 Å². The molecular formula is C16H23N5O5S. The molecule has 11 heteroatoms. The molecule has 148 valence electrons. The Morgan fingerprint density at radius 2 is 2.11 bits per heavy atom. The summed E-state index contributed by atoms with van der Waals surface area (Å²) < 4.78 is 7.10. The maximum absolute atomic E-state index is 10.3. The van der Waals surface area contributed by atoms with Gasteiger partial charge >= 0.3 is 0 Å². The number of aliphatic hydroxyl groups is 4. The third-order valence-corrected chi connectivity index (χ3v) is 4.79. The fraction of sp³-hybridized carbons (Fsp3) is 0.562. The van der Waals surface area contributed by atoms with Crippen molar-refractivity contribution in [3.05, 3.63) is 18.6 Å². The summed E-state index contributed by atoms with van der Waals surface area (Å²) in [5, 5.41) is 42.0. The van der Waals surface area contributed by atoms with Crippen molar-refractivity contribution in [3.63, 3.8) is 0 Å². The van der Waals surface area contributed by atoms with Gasteiger partial charge in [0.25, 0.3) is 0 Å². The molecule has 4 atom stereocenters. The van der Waals surface area contributed by atoms with Crippen LogP contribution in [0.5, 0.6) is 0 Å². The molecule has 0 aromatic carbocycles. The first-order valence-electron chi connectivity index (χ1n) is 8.54. The number of imidazole rings is 1. The van der Waals surface area contributed by atoms with Crippen LogP contribution in [-0.4, -0.2) is 77.7 Å². The lowest BCUT2D eigenvalue weighted by Gasteiger charge is -2.16. The number of nitrogens with one attached hydrogen (secondary N) is 1. The summed E-state index contributed by atoms with van der Waals surface area (Å²) in [5.41, 5.74) is 0.924. The first-order valence-corrected chi connectivity index (χ1v) is 9.76. The Kier molecular flexibility index (Phi) is 6.63. The van der Waals surface area contributed by atoms with E-state index in [1.54, 1.807) is 6.20 Å². The highest BCUT2D eigenvalue weighted by molar-refractivity contribution is 7.98. The number of nitrogens with zero attached hydrogens (tertiary/aromatic N) is 4. The average Bonchev–Trinajstić information content (AvgIpc) is 3.22. The Balaban J connectivity index is 1.92. The smallest absolute Gasteiger partial charge is 0.191 e. The Hall–Kier alpha value is -1.76. The van der Waals surface area contributed by atoms with Crippen molar-refractivity contribution in [3.8, 4) is 0 Å². The van der Waals surface area contributed by atoms with Crippen molar-refractivity contribution in [1.82, 2.24) is 19.5 Å². The van der Waals surface area contributed by atoms with E-state index in [2.05, 4.69) is 20.3 Å². The number of allylic oxidation sites excluding steroid dienone is 1. The van der Waals surface area contributed by atoms with E-state index in [1.165, 1.54) is 22.7 Å². The molecule has 0 bridgehead atoms. The monoisotopic (exact) mass is 397 g/mol. The SMILES string of the molecule is CSc1nc(N/C=C\CCCO)c2ncn([C@@H]3O[C@H](CO)[C@@H](O)[C@H]3O)c2n1. The second-order valence-electron chi connectivity index (χ2n) is 6.02. The van der Waals surface area contributed by atoms with Crippen LogP contribution < -0.4 is 5.32 Å². The van der Waals surface area contributed by atoms with Crippen molar-refractivity contribution in [1.29, 1.82) is 0 Å². The first kappa shape index (κ1) is 20.0. The molecule has 1 aliphatic rings. The Morgan fingerprint density at radius 3 is 2.78 bits per heavy atom. The molecule has 0 radical (unpaired) electrons. The van der Waals surface area contributed by atoms with Crippen LogP contribution in [0.1, 0.15) is 19.1 Å². The predicted molar refractivity (Wildman–Crippen MR) is 99.2 cm³/mol. The van der Waals surface area contributed by atoms with Crippen LogP contribution in [0.4, 0.5) is 5.82 Å².